The average molecular weight is 392 g/mol. The zero-order valence-electron chi connectivity index (χ0n) is 13.9. The Morgan fingerprint density at radius 2 is 2.08 bits per heavy atom. The quantitative estimate of drug-likeness (QED) is 0.703. The monoisotopic (exact) mass is 391 g/mol. The molecule has 1 N–H and O–H groups in total. The first-order valence-electron chi connectivity index (χ1n) is 7.90. The Labute approximate surface area is 160 Å². The van der Waals surface area contributed by atoms with E-state index in [9.17, 15) is 9.18 Å². The van der Waals surface area contributed by atoms with Gasteiger partial charge in [-0.2, -0.15) is 0 Å². The molecular formula is C19H16Cl2FN3O. The molecule has 0 bridgehead atoms. The van der Waals surface area contributed by atoms with Gasteiger partial charge in [0.2, 0.25) is 5.91 Å². The van der Waals surface area contributed by atoms with Crippen molar-refractivity contribution < 1.29 is 9.18 Å². The zero-order valence-corrected chi connectivity index (χ0v) is 15.4. The molecule has 0 aliphatic rings. The lowest BCUT2D eigenvalue weighted by Gasteiger charge is -2.19. The first-order valence-corrected chi connectivity index (χ1v) is 8.65. The van der Waals surface area contributed by atoms with E-state index >= 15 is 0 Å². The van der Waals surface area contributed by atoms with Crippen LogP contribution in [0.1, 0.15) is 23.0 Å². The van der Waals surface area contributed by atoms with Gasteiger partial charge in [-0.3, -0.25) is 4.79 Å². The van der Waals surface area contributed by atoms with Gasteiger partial charge in [-0.05, 0) is 35.4 Å². The fourth-order valence-electron chi connectivity index (χ4n) is 2.69. The lowest BCUT2D eigenvalue weighted by atomic mass is 10.0. The number of carbonyl (C=O) groups is 1. The van der Waals surface area contributed by atoms with Crippen molar-refractivity contribution in [3.05, 3.63) is 87.7 Å². The molecule has 2 aromatic carbocycles. The lowest BCUT2D eigenvalue weighted by Crippen LogP contribution is -2.32. The molecule has 1 heterocycles. The predicted molar refractivity (Wildman–Crippen MR) is 99.8 cm³/mol. The van der Waals surface area contributed by atoms with Crippen LogP contribution in [0, 0.1) is 5.82 Å². The van der Waals surface area contributed by atoms with Gasteiger partial charge in [0, 0.05) is 29.5 Å². The van der Waals surface area contributed by atoms with Crippen LogP contribution in [0.15, 0.2) is 54.9 Å². The minimum Gasteiger partial charge on any atom is -0.342 e. The van der Waals surface area contributed by atoms with E-state index in [1.807, 2.05) is 7.05 Å². The van der Waals surface area contributed by atoms with Gasteiger partial charge in [-0.25, -0.2) is 9.37 Å². The second-order valence-electron chi connectivity index (χ2n) is 5.86. The summed E-state index contributed by atoms with van der Waals surface area (Å²) in [6.07, 6.45) is 3.47. The highest BCUT2D eigenvalue weighted by atomic mass is 35.5. The smallest absolute Gasteiger partial charge is 0.225 e. The maximum absolute atomic E-state index is 13.7. The van der Waals surface area contributed by atoms with Crippen LogP contribution in [-0.2, 0) is 18.3 Å². The standard InChI is InChI=1S/C19H16Cl2FN3O/c1-25-8-7-23-19(25)18(13-3-2-4-15(22)9-13)24-17(26)10-12-5-6-14(20)11-16(12)21/h2-9,11,18H,10H2,1H3,(H,24,26)/t18-/m1/s1. The Morgan fingerprint density at radius 1 is 1.27 bits per heavy atom. The number of nitrogens with zero attached hydrogens (tertiary/aromatic N) is 2. The van der Waals surface area contributed by atoms with E-state index in [1.165, 1.54) is 12.1 Å². The van der Waals surface area contributed by atoms with E-state index in [-0.39, 0.29) is 18.1 Å². The Hall–Kier alpha value is -2.37. The average Bonchev–Trinajstić information content (AvgIpc) is 3.01. The van der Waals surface area contributed by atoms with Gasteiger partial charge in [-0.15, -0.1) is 0 Å². The first kappa shape index (κ1) is 18.4. The molecule has 0 spiro atoms. The summed E-state index contributed by atoms with van der Waals surface area (Å²) < 4.78 is 15.5. The SMILES string of the molecule is Cn1ccnc1[C@H](NC(=O)Cc1ccc(Cl)cc1Cl)c1cccc(F)c1. The van der Waals surface area contributed by atoms with E-state index in [0.29, 0.717) is 27.0 Å². The van der Waals surface area contributed by atoms with E-state index in [1.54, 1.807) is 47.3 Å². The number of rotatable bonds is 5. The molecule has 3 rings (SSSR count). The number of imidazole rings is 1. The van der Waals surface area contributed by atoms with Gasteiger partial charge in [-0.1, -0.05) is 41.4 Å². The molecule has 0 aliphatic carbocycles. The maximum Gasteiger partial charge on any atom is 0.225 e. The topological polar surface area (TPSA) is 46.9 Å². The molecule has 0 saturated carbocycles. The van der Waals surface area contributed by atoms with Gasteiger partial charge in [0.05, 0.1) is 6.42 Å². The number of nitrogens with one attached hydrogen (secondary N) is 1. The molecule has 0 unspecified atom stereocenters. The molecule has 1 aromatic heterocycles. The number of aromatic nitrogens is 2. The van der Waals surface area contributed by atoms with E-state index in [2.05, 4.69) is 10.3 Å². The van der Waals surface area contributed by atoms with Gasteiger partial charge >= 0.3 is 0 Å². The Bertz CT molecular complexity index is 942. The lowest BCUT2D eigenvalue weighted by molar-refractivity contribution is -0.121. The van der Waals surface area contributed by atoms with Crippen molar-refractivity contribution in [2.45, 2.75) is 12.5 Å². The Morgan fingerprint density at radius 3 is 2.73 bits per heavy atom. The summed E-state index contributed by atoms with van der Waals surface area (Å²) in [7, 11) is 1.82. The molecule has 0 aliphatic heterocycles. The van der Waals surface area contributed by atoms with Crippen LogP contribution in [0.4, 0.5) is 4.39 Å². The highest BCUT2D eigenvalue weighted by molar-refractivity contribution is 6.35. The Kier molecular flexibility index (Phi) is 5.59. The largest absolute Gasteiger partial charge is 0.342 e. The highest BCUT2D eigenvalue weighted by Crippen LogP contribution is 2.24. The summed E-state index contributed by atoms with van der Waals surface area (Å²) in [5.41, 5.74) is 1.27. The Balaban J connectivity index is 1.86. The van der Waals surface area contributed by atoms with Gasteiger partial charge < -0.3 is 9.88 Å². The zero-order chi connectivity index (χ0) is 18.7. The van der Waals surface area contributed by atoms with Crippen LogP contribution >= 0.6 is 23.2 Å². The van der Waals surface area contributed by atoms with Crippen molar-refractivity contribution >= 4 is 29.1 Å². The third-order valence-electron chi connectivity index (χ3n) is 3.97. The summed E-state index contributed by atoms with van der Waals surface area (Å²) in [5, 5.41) is 3.84. The third-order valence-corrected chi connectivity index (χ3v) is 4.56. The fourth-order valence-corrected chi connectivity index (χ4v) is 3.16. The number of amides is 1. The van der Waals surface area contributed by atoms with Crippen LogP contribution in [0.2, 0.25) is 10.0 Å². The third kappa shape index (κ3) is 4.23. The molecule has 4 nitrogen and oxygen atoms in total. The predicted octanol–water partition coefficient (Wildman–Crippen LogP) is 4.31. The molecule has 0 radical (unpaired) electrons. The number of aryl methyl sites for hydroxylation is 1. The van der Waals surface area contributed by atoms with Crippen LogP contribution in [-0.4, -0.2) is 15.5 Å². The molecule has 0 saturated heterocycles. The van der Waals surface area contributed by atoms with Crippen molar-refractivity contribution in [2.75, 3.05) is 0 Å². The number of benzene rings is 2. The second kappa shape index (κ2) is 7.89. The highest BCUT2D eigenvalue weighted by Gasteiger charge is 2.21. The summed E-state index contributed by atoms with van der Waals surface area (Å²) in [4.78, 5) is 16.9. The molecule has 1 amide bonds. The van der Waals surface area contributed by atoms with Gasteiger partial charge in [0.15, 0.2) is 0 Å². The van der Waals surface area contributed by atoms with E-state index in [4.69, 9.17) is 23.2 Å². The summed E-state index contributed by atoms with van der Waals surface area (Å²) in [6, 6.07) is 10.5. The second-order valence-corrected chi connectivity index (χ2v) is 6.71. The van der Waals surface area contributed by atoms with Crippen LogP contribution in [0.5, 0.6) is 0 Å². The molecule has 3 aromatic rings. The van der Waals surface area contributed by atoms with Crippen LogP contribution < -0.4 is 5.32 Å². The molecular weight excluding hydrogens is 376 g/mol. The molecule has 7 heteroatoms. The van der Waals surface area contributed by atoms with Crippen molar-refractivity contribution in [3.8, 4) is 0 Å². The minimum absolute atomic E-state index is 0.0756. The van der Waals surface area contributed by atoms with Crippen molar-refractivity contribution in [1.29, 1.82) is 0 Å². The number of carbonyl (C=O) groups excluding carboxylic acids is 1. The van der Waals surface area contributed by atoms with E-state index in [0.717, 1.165) is 0 Å². The van der Waals surface area contributed by atoms with Gasteiger partial charge in [0.25, 0.3) is 0 Å². The number of hydrogen-bond acceptors (Lipinski definition) is 2. The van der Waals surface area contributed by atoms with Crippen molar-refractivity contribution in [3.63, 3.8) is 0 Å². The molecule has 1 atom stereocenters. The minimum atomic E-state index is -0.579. The van der Waals surface area contributed by atoms with Crippen LogP contribution in [0.3, 0.4) is 0 Å². The van der Waals surface area contributed by atoms with Gasteiger partial charge in [0.1, 0.15) is 17.7 Å². The van der Waals surface area contributed by atoms with Crippen molar-refractivity contribution in [1.82, 2.24) is 14.9 Å². The maximum atomic E-state index is 13.7. The number of halogens is 3. The summed E-state index contributed by atoms with van der Waals surface area (Å²) in [5.74, 6) is -0.0330. The summed E-state index contributed by atoms with van der Waals surface area (Å²) >= 11 is 12.0. The molecule has 134 valence electrons. The van der Waals surface area contributed by atoms with E-state index < -0.39 is 6.04 Å². The van der Waals surface area contributed by atoms with Crippen molar-refractivity contribution in [2.24, 2.45) is 7.05 Å². The number of hydrogen-bond donors (Lipinski definition) is 1. The fraction of sp³-hybridized carbons (Fsp3) is 0.158. The molecule has 0 fully saturated rings. The normalized spacial score (nSPS) is 12.0. The molecule has 26 heavy (non-hydrogen) atoms. The first-order chi connectivity index (χ1) is 12.4. The summed E-state index contributed by atoms with van der Waals surface area (Å²) in [6.45, 7) is 0. The van der Waals surface area contributed by atoms with Crippen LogP contribution in [0.25, 0.3) is 0 Å².